The third-order valence-electron chi connectivity index (χ3n) is 6.42. The summed E-state index contributed by atoms with van der Waals surface area (Å²) in [6, 6.07) is 18.4. The number of aromatic nitrogens is 2. The maximum atomic E-state index is 12.9. The second-order valence-electron chi connectivity index (χ2n) is 8.80. The van der Waals surface area contributed by atoms with Gasteiger partial charge in [0.1, 0.15) is 6.33 Å². The van der Waals surface area contributed by atoms with Crippen molar-refractivity contribution >= 4 is 34.3 Å². The lowest BCUT2D eigenvalue weighted by Gasteiger charge is -2.26. The Morgan fingerprint density at radius 3 is 2.57 bits per heavy atom. The highest BCUT2D eigenvalue weighted by atomic mass is 35.5. The van der Waals surface area contributed by atoms with Gasteiger partial charge < -0.3 is 15.8 Å². The van der Waals surface area contributed by atoms with Gasteiger partial charge in [-0.2, -0.15) is 0 Å². The predicted octanol–water partition coefficient (Wildman–Crippen LogP) is 3.78. The van der Waals surface area contributed by atoms with E-state index in [1.807, 2.05) is 42.5 Å². The van der Waals surface area contributed by atoms with Gasteiger partial charge in [-0.3, -0.25) is 14.5 Å². The van der Waals surface area contributed by atoms with Crippen LogP contribution in [-0.4, -0.2) is 66.1 Å². The van der Waals surface area contributed by atoms with Crippen LogP contribution in [0.3, 0.4) is 0 Å². The van der Waals surface area contributed by atoms with Crippen molar-refractivity contribution in [1.29, 1.82) is 0 Å². The second kappa shape index (κ2) is 11.0. The molecule has 8 nitrogen and oxygen atoms in total. The summed E-state index contributed by atoms with van der Waals surface area (Å²) in [4.78, 5) is 35.8. The summed E-state index contributed by atoms with van der Waals surface area (Å²) in [5.41, 5.74) is 10.2. The molecule has 0 radical (unpaired) electrons. The fraction of sp³-hybridized carbons (Fsp3) is 0.214. The van der Waals surface area contributed by atoms with Crippen molar-refractivity contribution in [3.8, 4) is 22.4 Å². The molecular weight excluding hydrogens is 490 g/mol. The summed E-state index contributed by atoms with van der Waals surface area (Å²) < 4.78 is 5.37. The minimum Gasteiger partial charge on any atom is -0.379 e. The molecule has 9 heteroatoms. The molecular formula is C28H26ClN5O3. The second-order valence-corrected chi connectivity index (χ2v) is 9.21. The van der Waals surface area contributed by atoms with Gasteiger partial charge in [0.05, 0.1) is 35.0 Å². The van der Waals surface area contributed by atoms with Crippen molar-refractivity contribution in [3.05, 3.63) is 83.1 Å². The van der Waals surface area contributed by atoms with Crippen LogP contribution in [0.5, 0.6) is 0 Å². The Morgan fingerprint density at radius 1 is 0.973 bits per heavy atom. The highest BCUT2D eigenvalue weighted by molar-refractivity contribution is 6.33. The Bertz CT molecular complexity index is 1470. The maximum absolute atomic E-state index is 12.9. The molecule has 5 rings (SSSR count). The van der Waals surface area contributed by atoms with Gasteiger partial charge in [-0.15, -0.1) is 0 Å². The smallest absolute Gasteiger partial charge is 0.251 e. The summed E-state index contributed by atoms with van der Waals surface area (Å²) in [6.45, 7) is 4.58. The minimum atomic E-state index is -0.586. The van der Waals surface area contributed by atoms with E-state index in [0.717, 1.165) is 60.4 Å². The van der Waals surface area contributed by atoms with Gasteiger partial charge >= 0.3 is 0 Å². The normalized spacial score (nSPS) is 14.0. The van der Waals surface area contributed by atoms with Gasteiger partial charge in [0, 0.05) is 42.7 Å². The molecule has 0 spiro atoms. The Balaban J connectivity index is 1.41. The number of primary amides is 1. The number of hydrogen-bond acceptors (Lipinski definition) is 6. The van der Waals surface area contributed by atoms with E-state index in [4.69, 9.17) is 22.1 Å². The molecule has 1 saturated heterocycles. The zero-order valence-corrected chi connectivity index (χ0v) is 20.9. The van der Waals surface area contributed by atoms with Gasteiger partial charge in [-0.25, -0.2) is 9.97 Å². The number of carbonyl (C=O) groups is 2. The number of amides is 2. The number of benzene rings is 3. The molecule has 1 fully saturated rings. The lowest BCUT2D eigenvalue weighted by Crippen LogP contribution is -2.41. The van der Waals surface area contributed by atoms with Crippen molar-refractivity contribution in [2.45, 2.75) is 0 Å². The first kappa shape index (κ1) is 24.8. The summed E-state index contributed by atoms with van der Waals surface area (Å²) in [7, 11) is 0. The van der Waals surface area contributed by atoms with E-state index in [9.17, 15) is 9.59 Å². The number of morpholine rings is 1. The summed E-state index contributed by atoms with van der Waals surface area (Å²) in [5, 5.41) is 4.14. The molecule has 2 amide bonds. The molecule has 3 aromatic carbocycles. The number of carbonyl (C=O) groups excluding carboxylic acids is 2. The van der Waals surface area contributed by atoms with Crippen LogP contribution in [0.25, 0.3) is 33.3 Å². The Morgan fingerprint density at radius 2 is 1.76 bits per heavy atom. The van der Waals surface area contributed by atoms with Gasteiger partial charge in [-0.05, 0) is 47.5 Å². The molecule has 0 aliphatic carbocycles. The molecule has 1 aliphatic rings. The molecule has 4 aromatic rings. The number of nitrogens with two attached hydrogens (primary N) is 1. The van der Waals surface area contributed by atoms with Crippen LogP contribution in [0.4, 0.5) is 0 Å². The van der Waals surface area contributed by atoms with E-state index in [1.165, 1.54) is 6.33 Å². The van der Waals surface area contributed by atoms with Crippen LogP contribution in [0.2, 0.25) is 5.02 Å². The number of rotatable bonds is 7. The van der Waals surface area contributed by atoms with E-state index >= 15 is 0 Å². The van der Waals surface area contributed by atoms with Crippen LogP contribution < -0.4 is 11.1 Å². The van der Waals surface area contributed by atoms with E-state index < -0.39 is 5.91 Å². The Hall–Kier alpha value is -3.85. The van der Waals surface area contributed by atoms with Crippen LogP contribution in [0, 0.1) is 0 Å². The van der Waals surface area contributed by atoms with Gasteiger partial charge in [0.2, 0.25) is 5.91 Å². The van der Waals surface area contributed by atoms with Crippen LogP contribution in [0.1, 0.15) is 20.7 Å². The average Bonchev–Trinajstić information content (AvgIpc) is 2.93. The van der Waals surface area contributed by atoms with Gasteiger partial charge in [0.15, 0.2) is 0 Å². The first-order valence-electron chi connectivity index (χ1n) is 12.0. The van der Waals surface area contributed by atoms with Crippen molar-refractivity contribution in [1.82, 2.24) is 20.2 Å². The number of nitrogens with zero attached hydrogens (tertiary/aromatic N) is 3. The van der Waals surface area contributed by atoms with Gasteiger partial charge in [-0.1, -0.05) is 35.9 Å². The molecule has 2 heterocycles. The standard InChI is InChI=1S/C28H26ClN5O3/c29-24-6-4-18(15-22(24)27(30)35)19-5-7-25-23(16-19)26(33-17-32-25)20-2-1-3-21(14-20)28(36)31-8-9-34-10-12-37-13-11-34/h1-7,14-17H,8-13H2,(H2,30,35)(H,31,36). The molecule has 0 bridgehead atoms. The van der Waals surface area contributed by atoms with Crippen molar-refractivity contribution in [2.75, 3.05) is 39.4 Å². The zero-order chi connectivity index (χ0) is 25.8. The van der Waals surface area contributed by atoms with Crippen molar-refractivity contribution < 1.29 is 14.3 Å². The molecule has 188 valence electrons. The third-order valence-corrected chi connectivity index (χ3v) is 6.75. The summed E-state index contributed by atoms with van der Waals surface area (Å²) in [6.07, 6.45) is 1.51. The highest BCUT2D eigenvalue weighted by Gasteiger charge is 2.14. The van der Waals surface area contributed by atoms with E-state index in [1.54, 1.807) is 18.2 Å². The zero-order valence-electron chi connectivity index (χ0n) is 20.1. The monoisotopic (exact) mass is 515 g/mol. The summed E-state index contributed by atoms with van der Waals surface area (Å²) >= 11 is 6.13. The molecule has 0 saturated carbocycles. The molecule has 1 aliphatic heterocycles. The molecule has 1 aromatic heterocycles. The topological polar surface area (TPSA) is 110 Å². The minimum absolute atomic E-state index is 0.130. The fourth-order valence-electron chi connectivity index (χ4n) is 4.42. The number of hydrogen-bond donors (Lipinski definition) is 2. The number of fused-ring (bicyclic) bond motifs is 1. The largest absolute Gasteiger partial charge is 0.379 e. The number of halogens is 1. The number of nitrogens with one attached hydrogen (secondary N) is 1. The quantitative estimate of drug-likeness (QED) is 0.387. The van der Waals surface area contributed by atoms with E-state index in [0.29, 0.717) is 22.8 Å². The first-order valence-corrected chi connectivity index (χ1v) is 12.4. The lowest BCUT2D eigenvalue weighted by molar-refractivity contribution is 0.0383. The highest BCUT2D eigenvalue weighted by Crippen LogP contribution is 2.31. The maximum Gasteiger partial charge on any atom is 0.251 e. The predicted molar refractivity (Wildman–Crippen MR) is 144 cm³/mol. The summed E-state index contributed by atoms with van der Waals surface area (Å²) in [5.74, 6) is -0.717. The van der Waals surface area contributed by atoms with Crippen molar-refractivity contribution in [2.24, 2.45) is 5.73 Å². The van der Waals surface area contributed by atoms with Gasteiger partial charge in [0.25, 0.3) is 5.91 Å². The lowest BCUT2D eigenvalue weighted by atomic mass is 9.98. The van der Waals surface area contributed by atoms with Crippen LogP contribution in [-0.2, 0) is 4.74 Å². The van der Waals surface area contributed by atoms with Crippen molar-refractivity contribution in [3.63, 3.8) is 0 Å². The van der Waals surface area contributed by atoms with E-state index in [-0.39, 0.29) is 11.5 Å². The number of ether oxygens (including phenoxy) is 1. The molecule has 37 heavy (non-hydrogen) atoms. The first-order chi connectivity index (χ1) is 18.0. The van der Waals surface area contributed by atoms with Crippen LogP contribution in [0.15, 0.2) is 67.0 Å². The average molecular weight is 516 g/mol. The van der Waals surface area contributed by atoms with E-state index in [2.05, 4.69) is 20.2 Å². The molecule has 3 N–H and O–H groups in total. The molecule has 0 unspecified atom stereocenters. The third kappa shape index (κ3) is 5.61. The fourth-order valence-corrected chi connectivity index (χ4v) is 4.63. The van der Waals surface area contributed by atoms with Crippen LogP contribution >= 0.6 is 11.6 Å². The SMILES string of the molecule is NC(=O)c1cc(-c2ccc3ncnc(-c4cccc(C(=O)NCCN5CCOCC5)c4)c3c2)ccc1Cl. The Kier molecular flexibility index (Phi) is 7.41. The molecule has 0 atom stereocenters. The Labute approximate surface area is 219 Å².